The van der Waals surface area contributed by atoms with Crippen molar-refractivity contribution < 1.29 is 9.90 Å². The Morgan fingerprint density at radius 2 is 1.73 bits per heavy atom. The Morgan fingerprint density at radius 1 is 1.13 bits per heavy atom. The molecule has 0 radical (unpaired) electrons. The third-order valence-corrected chi connectivity index (χ3v) is 4.68. The van der Waals surface area contributed by atoms with Gasteiger partial charge in [0.05, 0.1) is 6.61 Å². The van der Waals surface area contributed by atoms with Gasteiger partial charge in [0.25, 0.3) is 0 Å². The molecule has 0 heterocycles. The average molecular weight is 266 g/mol. The van der Waals surface area contributed by atoms with Gasteiger partial charge in [-0.1, -0.05) is 17.8 Å². The largest absolute Gasteiger partial charge is 0.396 e. The van der Waals surface area contributed by atoms with Crippen LogP contribution >= 0.6 is 35.3 Å². The zero-order valence-electron chi connectivity index (χ0n) is 8.98. The standard InChI is InChI=1S/C10H18O2S3/c1-2-3-10(12)15-9-8-14-7-6-13-5-4-11/h2-3,11H,4-9H2,1H3. The summed E-state index contributed by atoms with van der Waals surface area (Å²) in [4.78, 5) is 11.1. The first kappa shape index (κ1) is 15.4. The maximum absolute atomic E-state index is 11.1. The van der Waals surface area contributed by atoms with E-state index in [0.29, 0.717) is 0 Å². The van der Waals surface area contributed by atoms with Crippen LogP contribution in [0, 0.1) is 0 Å². The highest BCUT2D eigenvalue weighted by Gasteiger charge is 1.96. The molecule has 0 aliphatic carbocycles. The minimum atomic E-state index is 0.146. The fourth-order valence-corrected chi connectivity index (χ4v) is 3.49. The molecule has 0 saturated carbocycles. The average Bonchev–Trinajstić information content (AvgIpc) is 2.22. The maximum atomic E-state index is 11.1. The molecular weight excluding hydrogens is 248 g/mol. The molecule has 0 fully saturated rings. The Labute approximate surface area is 105 Å². The first-order valence-electron chi connectivity index (χ1n) is 4.87. The molecule has 15 heavy (non-hydrogen) atoms. The number of allylic oxidation sites excluding steroid dienone is 1. The van der Waals surface area contributed by atoms with Crippen LogP contribution in [0.1, 0.15) is 6.92 Å². The lowest BCUT2D eigenvalue weighted by molar-refractivity contribution is -0.107. The van der Waals surface area contributed by atoms with Gasteiger partial charge in [0.1, 0.15) is 0 Å². The molecule has 0 spiro atoms. The fourth-order valence-electron chi connectivity index (χ4n) is 0.772. The van der Waals surface area contributed by atoms with Crippen LogP contribution in [0.25, 0.3) is 0 Å². The molecule has 88 valence electrons. The number of rotatable bonds is 9. The number of hydrogen-bond acceptors (Lipinski definition) is 5. The van der Waals surface area contributed by atoms with Crippen LogP contribution in [-0.4, -0.2) is 45.6 Å². The zero-order chi connectivity index (χ0) is 11.4. The predicted octanol–water partition coefficient (Wildman–Crippen LogP) is 2.28. The van der Waals surface area contributed by atoms with E-state index >= 15 is 0 Å². The minimum Gasteiger partial charge on any atom is -0.396 e. The molecule has 0 aromatic heterocycles. The molecule has 0 saturated heterocycles. The smallest absolute Gasteiger partial charge is 0.211 e. The lowest BCUT2D eigenvalue weighted by Gasteiger charge is -2.00. The van der Waals surface area contributed by atoms with E-state index < -0.39 is 0 Å². The second-order valence-corrected chi connectivity index (χ2v) is 6.16. The Hall–Kier alpha value is 0.420. The van der Waals surface area contributed by atoms with Crippen LogP contribution in [0.15, 0.2) is 12.2 Å². The molecule has 0 atom stereocenters. The highest BCUT2D eigenvalue weighted by molar-refractivity contribution is 8.14. The van der Waals surface area contributed by atoms with E-state index in [0.717, 1.165) is 28.8 Å². The van der Waals surface area contributed by atoms with E-state index in [1.165, 1.54) is 11.8 Å². The van der Waals surface area contributed by atoms with E-state index in [1.54, 1.807) is 23.9 Å². The van der Waals surface area contributed by atoms with Crippen LogP contribution in [0.5, 0.6) is 0 Å². The first-order valence-corrected chi connectivity index (χ1v) is 8.16. The van der Waals surface area contributed by atoms with Crippen molar-refractivity contribution in [1.29, 1.82) is 0 Å². The second kappa shape index (κ2) is 12.5. The van der Waals surface area contributed by atoms with Gasteiger partial charge in [-0.05, 0) is 13.0 Å². The van der Waals surface area contributed by atoms with Crippen LogP contribution < -0.4 is 0 Å². The monoisotopic (exact) mass is 266 g/mol. The van der Waals surface area contributed by atoms with E-state index in [9.17, 15) is 4.79 Å². The van der Waals surface area contributed by atoms with Gasteiger partial charge in [-0.25, -0.2) is 0 Å². The van der Waals surface area contributed by atoms with Crippen molar-refractivity contribution in [2.75, 3.05) is 35.4 Å². The Kier molecular flexibility index (Phi) is 12.8. The van der Waals surface area contributed by atoms with Crippen LogP contribution in [0.4, 0.5) is 0 Å². The SMILES string of the molecule is CC=CC(=O)SCCSCCSCCO. The molecule has 0 aromatic rings. The van der Waals surface area contributed by atoms with E-state index in [2.05, 4.69) is 0 Å². The van der Waals surface area contributed by atoms with Crippen LogP contribution in [-0.2, 0) is 4.79 Å². The Balaban J connectivity index is 3.08. The first-order chi connectivity index (χ1) is 7.31. The third-order valence-electron chi connectivity index (χ3n) is 1.38. The van der Waals surface area contributed by atoms with Crippen molar-refractivity contribution in [2.24, 2.45) is 0 Å². The molecule has 0 unspecified atom stereocenters. The van der Waals surface area contributed by atoms with Gasteiger partial charge < -0.3 is 5.11 Å². The summed E-state index contributed by atoms with van der Waals surface area (Å²) < 4.78 is 0. The molecule has 1 N–H and O–H groups in total. The van der Waals surface area contributed by atoms with Gasteiger partial charge in [-0.15, -0.1) is 0 Å². The molecule has 0 aromatic carbocycles. The summed E-state index contributed by atoms with van der Waals surface area (Å²) in [6.07, 6.45) is 3.38. The summed E-state index contributed by atoms with van der Waals surface area (Å²) in [6, 6.07) is 0. The van der Waals surface area contributed by atoms with Gasteiger partial charge >= 0.3 is 0 Å². The van der Waals surface area contributed by atoms with Crippen LogP contribution in [0.2, 0.25) is 0 Å². The summed E-state index contributed by atoms with van der Waals surface area (Å²) in [6.45, 7) is 2.12. The number of carbonyl (C=O) groups is 1. The van der Waals surface area contributed by atoms with Crippen molar-refractivity contribution in [1.82, 2.24) is 0 Å². The summed E-state index contributed by atoms with van der Waals surface area (Å²) in [5.41, 5.74) is 0. The highest BCUT2D eigenvalue weighted by Crippen LogP contribution is 2.10. The summed E-state index contributed by atoms with van der Waals surface area (Å²) in [5.74, 6) is 4.92. The number of carbonyl (C=O) groups excluding carboxylic acids is 1. The molecule has 2 nitrogen and oxygen atoms in total. The van der Waals surface area contributed by atoms with Gasteiger partial charge in [0.15, 0.2) is 0 Å². The minimum absolute atomic E-state index is 0.146. The fraction of sp³-hybridized carbons (Fsp3) is 0.700. The summed E-state index contributed by atoms with van der Waals surface area (Å²) >= 11 is 5.01. The van der Waals surface area contributed by atoms with Crippen molar-refractivity contribution in [2.45, 2.75) is 6.92 Å². The topological polar surface area (TPSA) is 37.3 Å². The quantitative estimate of drug-likeness (QED) is 0.512. The van der Waals surface area contributed by atoms with Gasteiger partial charge in [-0.2, -0.15) is 23.5 Å². The Morgan fingerprint density at radius 3 is 2.33 bits per heavy atom. The van der Waals surface area contributed by atoms with Gasteiger partial charge in [0.2, 0.25) is 5.12 Å². The molecule has 5 heteroatoms. The summed E-state index contributed by atoms with van der Waals surface area (Å²) in [7, 11) is 0. The molecule has 0 rings (SSSR count). The highest BCUT2D eigenvalue weighted by atomic mass is 32.2. The van der Waals surface area contributed by atoms with Gasteiger partial charge in [-0.3, -0.25) is 4.79 Å². The predicted molar refractivity (Wildman–Crippen MR) is 74.0 cm³/mol. The lowest BCUT2D eigenvalue weighted by atomic mass is 10.6. The molecule has 0 aliphatic heterocycles. The normalized spacial score (nSPS) is 11.1. The van der Waals surface area contributed by atoms with Gasteiger partial charge in [0, 0.05) is 28.8 Å². The molecule has 0 amide bonds. The Bertz CT molecular complexity index is 184. The summed E-state index contributed by atoms with van der Waals surface area (Å²) in [5, 5.41) is 8.69. The van der Waals surface area contributed by atoms with E-state index in [1.807, 2.05) is 18.7 Å². The number of aliphatic hydroxyl groups excluding tert-OH is 1. The third kappa shape index (κ3) is 12.4. The van der Waals surface area contributed by atoms with Crippen molar-refractivity contribution >= 4 is 40.4 Å². The maximum Gasteiger partial charge on any atom is 0.211 e. The number of thioether (sulfide) groups is 3. The lowest BCUT2D eigenvalue weighted by Crippen LogP contribution is -1.94. The molecular formula is C10H18O2S3. The number of aliphatic hydroxyl groups is 1. The molecule has 0 bridgehead atoms. The molecule has 0 aliphatic rings. The van der Waals surface area contributed by atoms with Crippen LogP contribution in [0.3, 0.4) is 0 Å². The van der Waals surface area contributed by atoms with Crippen molar-refractivity contribution in [3.05, 3.63) is 12.2 Å². The zero-order valence-corrected chi connectivity index (χ0v) is 11.4. The van der Waals surface area contributed by atoms with E-state index in [4.69, 9.17) is 5.11 Å². The van der Waals surface area contributed by atoms with E-state index in [-0.39, 0.29) is 11.7 Å². The second-order valence-electron chi connectivity index (χ2n) is 2.62. The van der Waals surface area contributed by atoms with Crippen molar-refractivity contribution in [3.8, 4) is 0 Å². The van der Waals surface area contributed by atoms with Crippen molar-refractivity contribution in [3.63, 3.8) is 0 Å². The number of hydrogen-bond donors (Lipinski definition) is 1.